The summed E-state index contributed by atoms with van der Waals surface area (Å²) >= 11 is 1.33. The van der Waals surface area contributed by atoms with E-state index >= 15 is 0 Å². The Hall–Kier alpha value is -1.89. The van der Waals surface area contributed by atoms with Gasteiger partial charge in [-0.1, -0.05) is 6.92 Å². The van der Waals surface area contributed by atoms with Gasteiger partial charge in [0.05, 0.1) is 0 Å². The van der Waals surface area contributed by atoms with Gasteiger partial charge in [-0.15, -0.1) is 0 Å². The molecule has 2 aromatic heterocycles. The number of nitrogens with one attached hydrogen (secondary N) is 2. The van der Waals surface area contributed by atoms with Crippen LogP contribution >= 0.6 is 11.8 Å². The molecule has 0 spiro atoms. The van der Waals surface area contributed by atoms with Crippen LogP contribution in [0, 0.1) is 6.92 Å². The summed E-state index contributed by atoms with van der Waals surface area (Å²) < 4.78 is 0. The zero-order valence-electron chi connectivity index (χ0n) is 11.7. The van der Waals surface area contributed by atoms with Gasteiger partial charge in [-0.3, -0.25) is 4.79 Å². The normalized spacial score (nSPS) is 10.6. The van der Waals surface area contributed by atoms with E-state index in [0.29, 0.717) is 10.9 Å². The van der Waals surface area contributed by atoms with Crippen LogP contribution in [0.2, 0.25) is 0 Å². The van der Waals surface area contributed by atoms with E-state index in [9.17, 15) is 4.79 Å². The van der Waals surface area contributed by atoms with Gasteiger partial charge in [-0.25, -0.2) is 15.0 Å². The number of anilines is 1. The first-order chi connectivity index (χ1) is 9.60. The van der Waals surface area contributed by atoms with Crippen LogP contribution in [0.3, 0.4) is 0 Å². The first-order valence-electron chi connectivity index (χ1n) is 6.42. The molecule has 0 bridgehead atoms. The summed E-state index contributed by atoms with van der Waals surface area (Å²) in [5.41, 5.74) is 0.532. The van der Waals surface area contributed by atoms with Crippen molar-refractivity contribution >= 4 is 17.6 Å². The van der Waals surface area contributed by atoms with E-state index in [1.807, 2.05) is 13.1 Å². The molecule has 106 valence electrons. The molecule has 0 fully saturated rings. The standard InChI is InChI=1S/C13H17N5OS/c1-4-5-9-16-10(14-3)7-12(17-9)20-13-15-8(2)6-11(19)18-13/h6-7H,4-5H2,1-3H3,(H,14,16,17)(H,15,18,19). The number of H-pyrrole nitrogens is 1. The Kier molecular flexibility index (Phi) is 4.73. The van der Waals surface area contributed by atoms with Gasteiger partial charge in [-0.2, -0.15) is 0 Å². The van der Waals surface area contributed by atoms with Gasteiger partial charge in [0.2, 0.25) is 0 Å². The maximum absolute atomic E-state index is 11.4. The quantitative estimate of drug-likeness (QED) is 0.647. The summed E-state index contributed by atoms with van der Waals surface area (Å²) in [4.78, 5) is 27.3. The summed E-state index contributed by atoms with van der Waals surface area (Å²) in [5.74, 6) is 1.55. The van der Waals surface area contributed by atoms with Gasteiger partial charge in [0.15, 0.2) is 5.16 Å². The van der Waals surface area contributed by atoms with E-state index in [1.54, 1.807) is 6.92 Å². The van der Waals surface area contributed by atoms with Crippen LogP contribution in [0.15, 0.2) is 27.1 Å². The minimum absolute atomic E-state index is 0.156. The first kappa shape index (κ1) is 14.5. The number of aryl methyl sites for hydroxylation is 2. The molecule has 2 rings (SSSR count). The fourth-order valence-electron chi connectivity index (χ4n) is 1.69. The lowest BCUT2D eigenvalue weighted by atomic mass is 10.3. The SMILES string of the molecule is CCCc1nc(NC)cc(Sc2nc(C)cc(=O)[nH]2)n1. The highest BCUT2D eigenvalue weighted by Gasteiger charge is 2.07. The van der Waals surface area contributed by atoms with E-state index in [2.05, 4.69) is 32.2 Å². The molecular weight excluding hydrogens is 274 g/mol. The number of hydrogen-bond acceptors (Lipinski definition) is 6. The van der Waals surface area contributed by atoms with Crippen LogP contribution in [-0.4, -0.2) is 27.0 Å². The Balaban J connectivity index is 2.31. The van der Waals surface area contributed by atoms with E-state index in [4.69, 9.17) is 0 Å². The van der Waals surface area contributed by atoms with Gasteiger partial charge in [0.25, 0.3) is 5.56 Å². The van der Waals surface area contributed by atoms with Crippen molar-refractivity contribution in [1.29, 1.82) is 0 Å². The van der Waals surface area contributed by atoms with Gasteiger partial charge in [0.1, 0.15) is 16.7 Å². The fraction of sp³-hybridized carbons (Fsp3) is 0.385. The predicted octanol–water partition coefficient (Wildman–Crippen LogP) is 2.01. The molecule has 0 unspecified atom stereocenters. The van der Waals surface area contributed by atoms with Crippen LogP contribution in [0.1, 0.15) is 24.9 Å². The molecule has 0 saturated heterocycles. The molecule has 0 aromatic carbocycles. The number of hydrogen-bond donors (Lipinski definition) is 2. The van der Waals surface area contributed by atoms with Crippen molar-refractivity contribution in [2.24, 2.45) is 0 Å². The second-order valence-electron chi connectivity index (χ2n) is 4.30. The van der Waals surface area contributed by atoms with E-state index < -0.39 is 0 Å². The molecule has 0 atom stereocenters. The van der Waals surface area contributed by atoms with E-state index in [0.717, 1.165) is 29.5 Å². The number of aromatic amines is 1. The van der Waals surface area contributed by atoms with Crippen molar-refractivity contribution in [3.63, 3.8) is 0 Å². The van der Waals surface area contributed by atoms with Crippen molar-refractivity contribution in [3.8, 4) is 0 Å². The second kappa shape index (κ2) is 6.51. The topological polar surface area (TPSA) is 83.6 Å². The highest BCUT2D eigenvalue weighted by molar-refractivity contribution is 7.99. The Morgan fingerprint density at radius 1 is 1.30 bits per heavy atom. The zero-order chi connectivity index (χ0) is 14.5. The molecule has 2 N–H and O–H groups in total. The minimum atomic E-state index is -0.156. The third-order valence-corrected chi connectivity index (χ3v) is 3.33. The summed E-state index contributed by atoms with van der Waals surface area (Å²) in [6.07, 6.45) is 1.80. The molecule has 7 heteroatoms. The minimum Gasteiger partial charge on any atom is -0.373 e. The molecule has 0 saturated carbocycles. The first-order valence-corrected chi connectivity index (χ1v) is 7.24. The van der Waals surface area contributed by atoms with E-state index in [-0.39, 0.29) is 5.56 Å². The van der Waals surface area contributed by atoms with Crippen molar-refractivity contribution in [2.45, 2.75) is 36.9 Å². The van der Waals surface area contributed by atoms with E-state index in [1.165, 1.54) is 17.8 Å². The second-order valence-corrected chi connectivity index (χ2v) is 5.31. The third kappa shape index (κ3) is 3.80. The van der Waals surface area contributed by atoms with Crippen molar-refractivity contribution in [2.75, 3.05) is 12.4 Å². The number of rotatable bonds is 5. The third-order valence-electron chi connectivity index (χ3n) is 2.53. The maximum Gasteiger partial charge on any atom is 0.251 e. The summed E-state index contributed by atoms with van der Waals surface area (Å²) in [7, 11) is 1.82. The van der Waals surface area contributed by atoms with Gasteiger partial charge < -0.3 is 10.3 Å². The number of nitrogens with zero attached hydrogens (tertiary/aromatic N) is 3. The van der Waals surface area contributed by atoms with Crippen molar-refractivity contribution in [3.05, 3.63) is 34.0 Å². The Morgan fingerprint density at radius 3 is 2.75 bits per heavy atom. The monoisotopic (exact) mass is 291 g/mol. The van der Waals surface area contributed by atoms with Crippen LogP contribution in [0.4, 0.5) is 5.82 Å². The average Bonchev–Trinajstić information content (AvgIpc) is 2.37. The van der Waals surface area contributed by atoms with Gasteiger partial charge in [0, 0.05) is 31.3 Å². The molecule has 0 aliphatic rings. The lowest BCUT2D eigenvalue weighted by molar-refractivity contribution is 0.809. The zero-order valence-corrected chi connectivity index (χ0v) is 12.5. The maximum atomic E-state index is 11.4. The van der Waals surface area contributed by atoms with Gasteiger partial charge in [-0.05, 0) is 25.1 Å². The summed E-state index contributed by atoms with van der Waals surface area (Å²) in [6, 6.07) is 3.30. The van der Waals surface area contributed by atoms with Crippen molar-refractivity contribution < 1.29 is 0 Å². The molecule has 2 aromatic rings. The van der Waals surface area contributed by atoms with Crippen LogP contribution in [0.5, 0.6) is 0 Å². The summed E-state index contributed by atoms with van der Waals surface area (Å²) in [5, 5.41) is 4.32. The smallest absolute Gasteiger partial charge is 0.251 e. The van der Waals surface area contributed by atoms with Gasteiger partial charge >= 0.3 is 0 Å². The molecular formula is C13H17N5OS. The van der Waals surface area contributed by atoms with Crippen LogP contribution in [0.25, 0.3) is 0 Å². The molecule has 0 amide bonds. The molecule has 20 heavy (non-hydrogen) atoms. The molecule has 2 heterocycles. The largest absolute Gasteiger partial charge is 0.373 e. The lowest BCUT2D eigenvalue weighted by Crippen LogP contribution is -2.08. The highest BCUT2D eigenvalue weighted by atomic mass is 32.2. The number of aromatic nitrogens is 4. The van der Waals surface area contributed by atoms with Crippen LogP contribution in [-0.2, 0) is 6.42 Å². The van der Waals surface area contributed by atoms with Crippen LogP contribution < -0.4 is 10.9 Å². The van der Waals surface area contributed by atoms with Crippen molar-refractivity contribution in [1.82, 2.24) is 19.9 Å². The Bertz CT molecular complexity index is 655. The average molecular weight is 291 g/mol. The lowest BCUT2D eigenvalue weighted by Gasteiger charge is -2.06. The molecule has 0 radical (unpaired) electrons. The fourth-order valence-corrected chi connectivity index (χ4v) is 2.55. The highest BCUT2D eigenvalue weighted by Crippen LogP contribution is 2.24. The predicted molar refractivity (Wildman–Crippen MR) is 79.3 cm³/mol. The summed E-state index contributed by atoms with van der Waals surface area (Å²) in [6.45, 7) is 3.88. The molecule has 6 nitrogen and oxygen atoms in total. The Morgan fingerprint density at radius 2 is 2.10 bits per heavy atom. The molecule has 0 aliphatic heterocycles. The Labute approximate surface area is 121 Å². The molecule has 0 aliphatic carbocycles.